The van der Waals surface area contributed by atoms with E-state index in [0.717, 1.165) is 18.9 Å². The van der Waals surface area contributed by atoms with E-state index in [1.54, 1.807) is 12.4 Å². The molecule has 0 spiro atoms. The van der Waals surface area contributed by atoms with Crippen molar-refractivity contribution in [3.05, 3.63) is 18.1 Å². The van der Waals surface area contributed by atoms with E-state index in [1.807, 2.05) is 0 Å². The van der Waals surface area contributed by atoms with Crippen LogP contribution in [0, 0.1) is 5.41 Å². The molecule has 20 heavy (non-hydrogen) atoms. The maximum atomic E-state index is 7.68. The maximum absolute atomic E-state index is 7.68. The number of amidine groups is 1. The normalized spacial score (nSPS) is 27.1. The number of nitrogen functional groups attached to an aromatic ring is 1. The van der Waals surface area contributed by atoms with E-state index in [-0.39, 0.29) is 5.84 Å². The summed E-state index contributed by atoms with van der Waals surface area (Å²) in [4.78, 5) is 13.5. The summed E-state index contributed by atoms with van der Waals surface area (Å²) in [5.41, 5.74) is 6.15. The number of piperazine rings is 1. The zero-order chi connectivity index (χ0) is 14.1. The number of fused-ring (bicyclic) bond motifs is 1. The maximum Gasteiger partial charge on any atom is 0.158 e. The van der Waals surface area contributed by atoms with Crippen molar-refractivity contribution in [2.24, 2.45) is 5.73 Å². The Bertz CT molecular complexity index is 502. The Balaban J connectivity index is 1.88. The molecule has 2 unspecified atom stereocenters. The molecule has 2 fully saturated rings. The second-order valence-electron chi connectivity index (χ2n) is 5.79. The van der Waals surface area contributed by atoms with Crippen LogP contribution in [-0.4, -0.2) is 52.4 Å². The Kier molecular flexibility index (Phi) is 3.56. The van der Waals surface area contributed by atoms with E-state index in [9.17, 15) is 0 Å². The Morgan fingerprint density at radius 1 is 1.30 bits per heavy atom. The van der Waals surface area contributed by atoms with Crippen LogP contribution in [0.3, 0.4) is 0 Å². The highest BCUT2D eigenvalue weighted by molar-refractivity contribution is 5.97. The first-order valence-corrected chi connectivity index (χ1v) is 7.33. The molecule has 2 aliphatic heterocycles. The van der Waals surface area contributed by atoms with Crippen molar-refractivity contribution in [2.75, 3.05) is 24.5 Å². The van der Waals surface area contributed by atoms with Crippen LogP contribution in [-0.2, 0) is 0 Å². The van der Waals surface area contributed by atoms with Crippen LogP contribution in [0.2, 0.25) is 0 Å². The number of piperidine rings is 1. The third-order valence-corrected chi connectivity index (χ3v) is 4.39. The van der Waals surface area contributed by atoms with Crippen molar-refractivity contribution >= 4 is 11.7 Å². The number of nitrogens with zero attached hydrogens (tertiary/aromatic N) is 4. The fourth-order valence-electron chi connectivity index (χ4n) is 3.38. The molecule has 2 atom stereocenters. The molecule has 108 valence electrons. The summed E-state index contributed by atoms with van der Waals surface area (Å²) < 4.78 is 0. The molecule has 0 aliphatic carbocycles. The molecule has 2 saturated heterocycles. The lowest BCUT2D eigenvalue weighted by Crippen LogP contribution is -2.59. The number of hydrogen-bond acceptors (Lipinski definition) is 5. The summed E-state index contributed by atoms with van der Waals surface area (Å²) in [5.74, 6) is 0.754. The highest BCUT2D eigenvalue weighted by atomic mass is 15.3. The monoisotopic (exact) mass is 274 g/mol. The Hall–Kier alpha value is -1.69. The van der Waals surface area contributed by atoms with Gasteiger partial charge < -0.3 is 10.6 Å². The van der Waals surface area contributed by atoms with Gasteiger partial charge in [0.25, 0.3) is 0 Å². The van der Waals surface area contributed by atoms with Gasteiger partial charge in [0.2, 0.25) is 0 Å². The quantitative estimate of drug-likeness (QED) is 0.616. The fourth-order valence-corrected chi connectivity index (χ4v) is 3.38. The molecule has 1 aromatic rings. The highest BCUT2D eigenvalue weighted by Gasteiger charge is 2.34. The molecule has 1 aromatic heterocycles. The van der Waals surface area contributed by atoms with Crippen molar-refractivity contribution < 1.29 is 0 Å². The van der Waals surface area contributed by atoms with Crippen LogP contribution in [0.4, 0.5) is 5.82 Å². The van der Waals surface area contributed by atoms with Gasteiger partial charge in [-0.3, -0.25) is 10.3 Å². The lowest BCUT2D eigenvalue weighted by Gasteiger charge is -2.48. The average Bonchev–Trinajstić information content (AvgIpc) is 2.46. The number of aromatic nitrogens is 2. The molecule has 6 heteroatoms. The zero-order valence-corrected chi connectivity index (χ0v) is 11.9. The largest absolute Gasteiger partial charge is 0.382 e. The van der Waals surface area contributed by atoms with Crippen molar-refractivity contribution in [3.8, 4) is 0 Å². The zero-order valence-electron chi connectivity index (χ0n) is 11.9. The van der Waals surface area contributed by atoms with E-state index in [4.69, 9.17) is 11.1 Å². The van der Waals surface area contributed by atoms with E-state index < -0.39 is 0 Å². The van der Waals surface area contributed by atoms with E-state index in [0.29, 0.717) is 17.8 Å². The Morgan fingerprint density at radius 2 is 2.10 bits per heavy atom. The van der Waals surface area contributed by atoms with Gasteiger partial charge in [-0.25, -0.2) is 9.97 Å². The minimum absolute atomic E-state index is 0.00799. The summed E-state index contributed by atoms with van der Waals surface area (Å²) in [6.07, 6.45) is 7.15. The van der Waals surface area contributed by atoms with E-state index in [2.05, 4.69) is 26.7 Å². The number of hydrogen-bond donors (Lipinski definition) is 2. The van der Waals surface area contributed by atoms with Crippen molar-refractivity contribution in [2.45, 2.75) is 38.3 Å². The summed E-state index contributed by atoms with van der Waals surface area (Å²) >= 11 is 0. The van der Waals surface area contributed by atoms with Crippen molar-refractivity contribution in [3.63, 3.8) is 0 Å². The summed E-state index contributed by atoms with van der Waals surface area (Å²) in [7, 11) is 0. The number of nitrogens with two attached hydrogens (primary N) is 1. The van der Waals surface area contributed by atoms with Gasteiger partial charge in [-0.1, -0.05) is 6.42 Å². The molecule has 0 aromatic carbocycles. The lowest BCUT2D eigenvalue weighted by molar-refractivity contribution is 0.115. The van der Waals surface area contributed by atoms with Gasteiger partial charge in [-0.2, -0.15) is 0 Å². The molecular formula is C14H22N6. The predicted molar refractivity (Wildman–Crippen MR) is 79.1 cm³/mol. The third-order valence-electron chi connectivity index (χ3n) is 4.39. The first-order valence-electron chi connectivity index (χ1n) is 7.33. The van der Waals surface area contributed by atoms with Crippen molar-refractivity contribution in [1.29, 1.82) is 5.41 Å². The van der Waals surface area contributed by atoms with Crippen LogP contribution in [0.5, 0.6) is 0 Å². The van der Waals surface area contributed by atoms with Crippen LogP contribution in [0.15, 0.2) is 12.4 Å². The predicted octanol–water partition coefficient (Wildman–Crippen LogP) is 0.824. The second kappa shape index (κ2) is 5.36. The van der Waals surface area contributed by atoms with Gasteiger partial charge in [-0.05, 0) is 26.3 Å². The number of nitrogens with one attached hydrogen (secondary N) is 1. The van der Waals surface area contributed by atoms with Gasteiger partial charge in [0, 0.05) is 37.6 Å². The number of rotatable bonds is 2. The third kappa shape index (κ3) is 2.35. The first kappa shape index (κ1) is 13.3. The molecule has 0 radical (unpaired) electrons. The number of anilines is 1. The molecule has 0 bridgehead atoms. The lowest BCUT2D eigenvalue weighted by atomic mass is 9.97. The molecule has 3 heterocycles. The van der Waals surface area contributed by atoms with Crippen LogP contribution in [0.1, 0.15) is 31.9 Å². The van der Waals surface area contributed by atoms with Gasteiger partial charge in [0.05, 0.1) is 0 Å². The highest BCUT2D eigenvalue weighted by Crippen LogP contribution is 2.28. The van der Waals surface area contributed by atoms with Gasteiger partial charge >= 0.3 is 0 Å². The smallest absolute Gasteiger partial charge is 0.158 e. The summed E-state index contributed by atoms with van der Waals surface area (Å²) in [6.45, 7) is 5.44. The SMILES string of the molecule is CC1CN2CCCCC2CN1c1nccnc1C(=N)N. The molecule has 0 amide bonds. The van der Waals surface area contributed by atoms with Crippen LogP contribution in [0.25, 0.3) is 0 Å². The van der Waals surface area contributed by atoms with Crippen LogP contribution >= 0.6 is 0 Å². The molecule has 6 nitrogen and oxygen atoms in total. The van der Waals surface area contributed by atoms with E-state index in [1.165, 1.54) is 25.8 Å². The van der Waals surface area contributed by atoms with E-state index >= 15 is 0 Å². The van der Waals surface area contributed by atoms with Crippen LogP contribution < -0.4 is 10.6 Å². The molecule has 0 saturated carbocycles. The minimum atomic E-state index is -0.00799. The molecule has 2 aliphatic rings. The Labute approximate surface area is 119 Å². The fraction of sp³-hybridized carbons (Fsp3) is 0.643. The standard InChI is InChI=1S/C14H22N6/c1-10-8-19-7-3-2-4-11(19)9-20(10)14-12(13(15)16)17-5-6-18-14/h5-6,10-11H,2-4,7-9H2,1H3,(H3,15,16). The molecule has 3 rings (SSSR count). The average molecular weight is 274 g/mol. The molecule has 3 N–H and O–H groups in total. The first-order chi connectivity index (χ1) is 9.66. The van der Waals surface area contributed by atoms with Crippen molar-refractivity contribution in [1.82, 2.24) is 14.9 Å². The van der Waals surface area contributed by atoms with Gasteiger partial charge in [0.1, 0.15) is 11.5 Å². The Morgan fingerprint density at radius 3 is 2.90 bits per heavy atom. The summed E-state index contributed by atoms with van der Waals surface area (Å²) in [6, 6.07) is 0.973. The van der Waals surface area contributed by atoms with Gasteiger partial charge in [0.15, 0.2) is 5.82 Å². The second-order valence-corrected chi connectivity index (χ2v) is 5.79. The minimum Gasteiger partial charge on any atom is -0.382 e. The van der Waals surface area contributed by atoms with Gasteiger partial charge in [-0.15, -0.1) is 0 Å². The topological polar surface area (TPSA) is 82.1 Å². The summed E-state index contributed by atoms with van der Waals surface area (Å²) in [5, 5.41) is 7.68. The molecular weight excluding hydrogens is 252 g/mol.